The summed E-state index contributed by atoms with van der Waals surface area (Å²) >= 11 is 0. The van der Waals surface area contributed by atoms with Crippen LogP contribution >= 0.6 is 27.0 Å². The number of carbonyl (C=O) groups excluding carboxylic acids is 2. The van der Waals surface area contributed by atoms with Gasteiger partial charge in [-0.1, -0.05) is 138 Å². The fraction of sp³-hybridized carbons (Fsp3) is 0.753. The summed E-state index contributed by atoms with van der Waals surface area (Å²) in [6.45, 7) is 24.0. The van der Waals surface area contributed by atoms with Crippen LogP contribution in [-0.4, -0.2) is 81.8 Å². The predicted molar refractivity (Wildman–Crippen MR) is 344 cm³/mol. The van der Waals surface area contributed by atoms with E-state index < -0.39 is 0 Å². The van der Waals surface area contributed by atoms with E-state index in [1.54, 1.807) is 16.7 Å². The van der Waals surface area contributed by atoms with E-state index in [2.05, 4.69) is 67.2 Å². The first-order chi connectivity index (χ1) is 39.4. The van der Waals surface area contributed by atoms with Crippen molar-refractivity contribution in [3.05, 3.63) is 94.1 Å². The van der Waals surface area contributed by atoms with Crippen molar-refractivity contribution in [3.63, 3.8) is 0 Å². The van der Waals surface area contributed by atoms with Crippen LogP contribution < -0.4 is 0 Å². The zero-order chi connectivity index (χ0) is 57.0. The number of hydrogen-bond acceptors (Lipinski definition) is 7. The minimum Gasteiger partial charge on any atom is -0.445 e. The Bertz CT molecular complexity index is 2560. The van der Waals surface area contributed by atoms with E-state index in [4.69, 9.17) is 18.9 Å². The number of hydrogen-bond donors (Lipinski definition) is 1. The number of allylic oxidation sites excluding steroid dienone is 2. The fourth-order valence-corrected chi connectivity index (χ4v) is 22.3. The van der Waals surface area contributed by atoms with Gasteiger partial charge in [0, 0.05) is 24.9 Å². The van der Waals surface area contributed by atoms with E-state index in [1.807, 2.05) is 71.1 Å². The molecule has 0 bridgehead atoms. The SMILES string of the molecule is CC1=C2C[C@H]3[C@@H](CC[C@@H]4C[C@@H](C)CC[C@@]43C)[C@@H]2CC[C@@]2(C1)O[C@@H]1C[C@H](C)CN(C(=O)OCc3ccccc3)[C@H]1[C@H]2C.CC1=C2C[C@H]3[C@@H](CC[C@@H]4C[C@@H](O)CC[C@@]43C)[C@@H]2CC[C@@]2(C1)O[C@@H]1C[C@H](C)CN(C(=O)OCc3ccccc3)[C@H]1[C@H]2C.S.S. The summed E-state index contributed by atoms with van der Waals surface area (Å²) in [6, 6.07) is 20.2. The molecule has 6 saturated carbocycles. The maximum atomic E-state index is 13.5. The van der Waals surface area contributed by atoms with Crippen LogP contribution in [0.25, 0.3) is 0 Å². The van der Waals surface area contributed by atoms with Crippen LogP contribution in [0, 0.1) is 87.8 Å². The minimum absolute atomic E-state index is 0. The van der Waals surface area contributed by atoms with Crippen LogP contribution in [0.1, 0.15) is 202 Å². The zero-order valence-electron chi connectivity index (χ0n) is 52.9. The van der Waals surface area contributed by atoms with Gasteiger partial charge in [0.15, 0.2) is 0 Å². The molecular weight excluding hydrogens is 1080 g/mol. The molecule has 4 heterocycles. The van der Waals surface area contributed by atoms with Crippen molar-refractivity contribution in [3.8, 4) is 0 Å². The second-order valence-electron chi connectivity index (χ2n) is 31.1. The lowest BCUT2D eigenvalue weighted by molar-refractivity contribution is -0.0832. The molecule has 2 aromatic rings. The molecule has 11 heteroatoms. The lowest BCUT2D eigenvalue weighted by Crippen LogP contribution is -2.54. The lowest BCUT2D eigenvalue weighted by atomic mass is 9.51. The van der Waals surface area contributed by atoms with Gasteiger partial charge in [-0.2, -0.15) is 27.0 Å². The standard InChI is InChI=1S/C37H53NO3.C36H51NO4.2H2S/c1-23-13-15-36(5)28(17-23)11-12-30-29-14-16-37(20-25(3)31(29)19-32(30)36)26(4)34-33(41-37)18-24(2)21-38(34)35(39)40-22-27-9-7-6-8-10-27;1-22-16-32-33(37(20-22)34(39)40-21-25-8-6-5-7-9-25)24(3)36(41-32)15-13-28-29-11-10-26-17-27(38)12-14-35(26,4)31(29)18-30(28)23(2)19-36;;/h6-10,23-24,26,28-30,32-34H,11-22H2,1-5H3;5-9,22,24,26-29,31-33,38H,10-21H2,1-4H3;2*1H2/t23-,24-,26+,28+,29-,30-,32-,33+,34-,36-,37-;22-,24+,26+,27-,28-,29-,31-,32+,33-,35-,36-;;/m00../s1. The number of fused-ring (bicyclic) bond motifs is 12. The summed E-state index contributed by atoms with van der Waals surface area (Å²) in [5.74, 6) is 8.72. The highest BCUT2D eigenvalue weighted by atomic mass is 32.1. The average Bonchev–Trinajstić information content (AvgIpc) is 2.30. The van der Waals surface area contributed by atoms with Gasteiger partial charge in [-0.3, -0.25) is 0 Å². The van der Waals surface area contributed by atoms with Crippen molar-refractivity contribution in [1.29, 1.82) is 0 Å². The Balaban J connectivity index is 0.000000171. The first-order valence-electron chi connectivity index (χ1n) is 33.7. The van der Waals surface area contributed by atoms with Gasteiger partial charge in [0.25, 0.3) is 0 Å². The van der Waals surface area contributed by atoms with Crippen LogP contribution in [0.5, 0.6) is 0 Å². The van der Waals surface area contributed by atoms with E-state index in [1.165, 1.54) is 77.0 Å². The highest BCUT2D eigenvalue weighted by Crippen LogP contribution is 2.68. The number of ether oxygens (including phenoxy) is 4. The molecule has 2 spiro atoms. The molecule has 464 valence electrons. The summed E-state index contributed by atoms with van der Waals surface area (Å²) in [5, 5.41) is 10.4. The molecule has 2 amide bonds. The molecule has 1 N–H and O–H groups in total. The van der Waals surface area contributed by atoms with Gasteiger partial charge in [-0.05, 0) is 223 Å². The Kier molecular flexibility index (Phi) is 18.2. The molecule has 22 atom stereocenters. The van der Waals surface area contributed by atoms with E-state index in [-0.39, 0.29) is 86.7 Å². The Morgan fingerprint density at radius 3 is 1.43 bits per heavy atom. The Morgan fingerprint density at radius 1 is 0.548 bits per heavy atom. The molecule has 0 radical (unpaired) electrons. The van der Waals surface area contributed by atoms with Gasteiger partial charge in [0.1, 0.15) is 13.2 Å². The maximum absolute atomic E-state index is 13.5. The summed E-state index contributed by atoms with van der Waals surface area (Å²) < 4.78 is 26.2. The second kappa shape index (κ2) is 24.4. The Labute approximate surface area is 520 Å². The highest BCUT2D eigenvalue weighted by Gasteiger charge is 2.63. The highest BCUT2D eigenvalue weighted by molar-refractivity contribution is 7.59. The topological polar surface area (TPSA) is 97.8 Å². The average molecular weight is 1190 g/mol. The number of rotatable bonds is 4. The Hall–Kier alpha value is -2.96. The molecule has 2 aromatic carbocycles. The fourth-order valence-electron chi connectivity index (χ4n) is 22.3. The number of nitrogens with zero attached hydrogens (tertiary/aromatic N) is 2. The molecule has 84 heavy (non-hydrogen) atoms. The van der Waals surface area contributed by atoms with Gasteiger partial charge >= 0.3 is 12.2 Å². The Morgan fingerprint density at radius 2 is 0.976 bits per heavy atom. The first kappa shape index (κ1) is 62.6. The van der Waals surface area contributed by atoms with Crippen molar-refractivity contribution in [2.75, 3.05) is 13.1 Å². The van der Waals surface area contributed by atoms with Crippen molar-refractivity contribution in [2.45, 2.75) is 246 Å². The van der Waals surface area contributed by atoms with Crippen LogP contribution in [0.2, 0.25) is 0 Å². The molecule has 4 aliphatic heterocycles. The van der Waals surface area contributed by atoms with Crippen LogP contribution in [0.15, 0.2) is 83.0 Å². The van der Waals surface area contributed by atoms with E-state index in [0.29, 0.717) is 53.6 Å². The summed E-state index contributed by atoms with van der Waals surface area (Å²) in [6.07, 6.45) is 24.2. The van der Waals surface area contributed by atoms with E-state index >= 15 is 0 Å². The third-order valence-corrected chi connectivity index (χ3v) is 26.6. The summed E-state index contributed by atoms with van der Waals surface area (Å²) in [7, 11) is 0. The first-order valence-corrected chi connectivity index (χ1v) is 33.7. The summed E-state index contributed by atoms with van der Waals surface area (Å²) in [4.78, 5) is 31.1. The molecule has 9 nitrogen and oxygen atoms in total. The maximum Gasteiger partial charge on any atom is 0.410 e. The number of amides is 2. The number of aliphatic hydroxyl groups is 1. The lowest BCUT2D eigenvalue weighted by Gasteiger charge is -2.54. The third kappa shape index (κ3) is 11.0. The number of piperidine rings is 2. The second-order valence-corrected chi connectivity index (χ2v) is 31.1. The molecule has 0 aromatic heterocycles. The van der Waals surface area contributed by atoms with Crippen LogP contribution in [0.3, 0.4) is 0 Å². The number of aliphatic hydroxyl groups excluding tert-OH is 1. The number of benzene rings is 2. The molecule has 14 rings (SSSR count). The number of carbonyl (C=O) groups is 2. The van der Waals surface area contributed by atoms with Gasteiger partial charge in [0.2, 0.25) is 0 Å². The molecule has 4 saturated heterocycles. The molecule has 0 unspecified atom stereocenters. The van der Waals surface area contributed by atoms with Gasteiger partial charge in [-0.25, -0.2) is 9.59 Å². The van der Waals surface area contributed by atoms with Crippen molar-refractivity contribution in [1.82, 2.24) is 9.80 Å². The quantitative estimate of drug-likeness (QED) is 0.305. The van der Waals surface area contributed by atoms with E-state index in [0.717, 1.165) is 117 Å². The number of likely N-dealkylation sites (tertiary alicyclic amines) is 2. The van der Waals surface area contributed by atoms with Crippen molar-refractivity contribution in [2.24, 2.45) is 87.8 Å². The van der Waals surface area contributed by atoms with Crippen LogP contribution in [0.4, 0.5) is 9.59 Å². The molecular formula is C73H108N2O7S2. The molecule has 10 fully saturated rings. The van der Waals surface area contributed by atoms with Gasteiger partial charge in [-0.15, -0.1) is 0 Å². The van der Waals surface area contributed by atoms with Gasteiger partial charge < -0.3 is 33.9 Å². The van der Waals surface area contributed by atoms with Crippen LogP contribution in [-0.2, 0) is 32.2 Å². The largest absolute Gasteiger partial charge is 0.445 e. The monoisotopic (exact) mass is 1190 g/mol. The van der Waals surface area contributed by atoms with Crippen molar-refractivity contribution < 1.29 is 33.6 Å². The smallest absolute Gasteiger partial charge is 0.410 e. The van der Waals surface area contributed by atoms with Crippen molar-refractivity contribution >= 4 is 39.2 Å². The third-order valence-electron chi connectivity index (χ3n) is 26.6. The molecule has 8 aliphatic carbocycles. The normalized spacial score (nSPS) is 44.4. The molecule has 12 aliphatic rings. The minimum atomic E-state index is -0.190. The zero-order valence-corrected chi connectivity index (χ0v) is 54.9. The van der Waals surface area contributed by atoms with E-state index in [9.17, 15) is 14.7 Å². The summed E-state index contributed by atoms with van der Waals surface area (Å²) in [5.41, 5.74) is 9.43. The van der Waals surface area contributed by atoms with Gasteiger partial charge in [0.05, 0.1) is 41.6 Å². The predicted octanol–water partition coefficient (Wildman–Crippen LogP) is 16.5.